The number of hydrogen-bond donors (Lipinski definition) is 0. The van der Waals surface area contributed by atoms with Crippen LogP contribution in [0.2, 0.25) is 0 Å². The summed E-state index contributed by atoms with van der Waals surface area (Å²) in [6, 6.07) is 6.50. The van der Waals surface area contributed by atoms with Gasteiger partial charge in [-0.05, 0) is 31.4 Å². The molecule has 2 heterocycles. The van der Waals surface area contributed by atoms with Crippen molar-refractivity contribution in [3.8, 4) is 5.75 Å². The lowest BCUT2D eigenvalue weighted by Gasteiger charge is -2.20. The number of hydrogen-bond acceptors (Lipinski definition) is 2. The van der Waals surface area contributed by atoms with Crippen LogP contribution in [0.4, 0.5) is 5.69 Å². The lowest BCUT2D eigenvalue weighted by atomic mass is 10.1. The Morgan fingerprint density at radius 3 is 2.88 bits per heavy atom. The molecule has 0 amide bonds. The van der Waals surface area contributed by atoms with Crippen LogP contribution in [0.15, 0.2) is 18.2 Å². The van der Waals surface area contributed by atoms with Gasteiger partial charge in [0.15, 0.2) is 0 Å². The van der Waals surface area contributed by atoms with E-state index in [9.17, 15) is 0 Å². The van der Waals surface area contributed by atoms with Crippen LogP contribution in [-0.2, 0) is 6.42 Å². The van der Waals surface area contributed by atoms with Gasteiger partial charge in [0.05, 0.1) is 0 Å². The third kappa shape index (κ3) is 1.57. The van der Waals surface area contributed by atoms with Crippen LogP contribution in [0.1, 0.15) is 31.7 Å². The molecule has 0 spiro atoms. The second-order valence-corrected chi connectivity index (χ2v) is 4.80. The summed E-state index contributed by atoms with van der Waals surface area (Å²) in [5.41, 5.74) is 2.86. The van der Waals surface area contributed by atoms with Gasteiger partial charge in [-0.25, -0.2) is 0 Å². The lowest BCUT2D eigenvalue weighted by molar-refractivity contribution is 0.228. The van der Waals surface area contributed by atoms with Crippen LogP contribution in [0.3, 0.4) is 0 Å². The fraction of sp³-hybridized carbons (Fsp3) is 0.571. The first kappa shape index (κ1) is 10.0. The molecule has 3 rings (SSSR count). The quantitative estimate of drug-likeness (QED) is 0.755. The Morgan fingerprint density at radius 2 is 2.12 bits per heavy atom. The van der Waals surface area contributed by atoms with Crippen molar-refractivity contribution in [1.82, 2.24) is 0 Å². The zero-order chi connectivity index (χ0) is 11.0. The van der Waals surface area contributed by atoms with Gasteiger partial charge in [-0.3, -0.25) is 0 Å². The summed E-state index contributed by atoms with van der Waals surface area (Å²) in [5.74, 6) is 1.12. The molecule has 1 fully saturated rings. The highest BCUT2D eigenvalue weighted by molar-refractivity contribution is 5.61. The van der Waals surface area contributed by atoms with Crippen LogP contribution < -0.4 is 9.64 Å². The monoisotopic (exact) mass is 217 g/mol. The van der Waals surface area contributed by atoms with Crippen molar-refractivity contribution >= 4 is 5.69 Å². The van der Waals surface area contributed by atoms with E-state index in [1.54, 1.807) is 0 Å². The van der Waals surface area contributed by atoms with Gasteiger partial charge in [0.25, 0.3) is 0 Å². The third-order valence-corrected chi connectivity index (χ3v) is 3.74. The number of anilines is 1. The second kappa shape index (κ2) is 4.00. The molecule has 86 valence electrons. The van der Waals surface area contributed by atoms with E-state index in [0.29, 0.717) is 6.10 Å². The number of benzene rings is 1. The first-order valence-electron chi connectivity index (χ1n) is 6.42. The van der Waals surface area contributed by atoms with E-state index in [-0.39, 0.29) is 0 Å². The highest BCUT2D eigenvalue weighted by Gasteiger charge is 2.26. The predicted octanol–water partition coefficient (Wildman–Crippen LogP) is 3.00. The van der Waals surface area contributed by atoms with Gasteiger partial charge in [0, 0.05) is 30.8 Å². The summed E-state index contributed by atoms with van der Waals surface area (Å²) in [5, 5.41) is 0. The molecule has 0 saturated carbocycles. The van der Waals surface area contributed by atoms with Crippen LogP contribution in [0.25, 0.3) is 0 Å². The fourth-order valence-corrected chi connectivity index (χ4v) is 2.80. The number of rotatable bonds is 2. The van der Waals surface area contributed by atoms with Crippen molar-refractivity contribution in [2.24, 2.45) is 0 Å². The zero-order valence-electron chi connectivity index (χ0n) is 9.91. The molecule has 1 unspecified atom stereocenters. The van der Waals surface area contributed by atoms with Crippen molar-refractivity contribution < 1.29 is 4.74 Å². The topological polar surface area (TPSA) is 12.5 Å². The first-order valence-corrected chi connectivity index (χ1v) is 6.42. The minimum atomic E-state index is 0.402. The molecule has 0 N–H and O–H groups in total. The smallest absolute Gasteiger partial charge is 0.125 e. The molecule has 2 aliphatic heterocycles. The molecular formula is C14H19NO. The predicted molar refractivity (Wildman–Crippen MR) is 66.3 cm³/mol. The van der Waals surface area contributed by atoms with E-state index in [1.807, 2.05) is 0 Å². The Bertz CT molecular complexity index is 382. The van der Waals surface area contributed by atoms with Gasteiger partial charge in [-0.1, -0.05) is 13.0 Å². The molecule has 16 heavy (non-hydrogen) atoms. The molecule has 1 aromatic rings. The summed E-state index contributed by atoms with van der Waals surface area (Å²) in [6.07, 6.45) is 5.27. The van der Waals surface area contributed by atoms with Crippen molar-refractivity contribution in [2.75, 3.05) is 18.0 Å². The van der Waals surface area contributed by atoms with E-state index in [4.69, 9.17) is 4.74 Å². The highest BCUT2D eigenvalue weighted by atomic mass is 16.5. The van der Waals surface area contributed by atoms with Gasteiger partial charge < -0.3 is 9.64 Å². The molecule has 2 aliphatic rings. The summed E-state index contributed by atoms with van der Waals surface area (Å²) in [4.78, 5) is 2.51. The fourth-order valence-electron chi connectivity index (χ4n) is 2.80. The van der Waals surface area contributed by atoms with E-state index >= 15 is 0 Å². The maximum absolute atomic E-state index is 5.93. The average Bonchev–Trinajstić information content (AvgIpc) is 2.97. The molecule has 1 aromatic carbocycles. The molecule has 1 atom stereocenters. The van der Waals surface area contributed by atoms with Crippen molar-refractivity contribution in [1.29, 1.82) is 0 Å². The standard InChI is InChI=1S/C14H19NO/c1-2-11-10-12-13(15-8-3-4-9-15)6-5-7-14(12)16-11/h5-7,11H,2-4,8-10H2,1H3. The Morgan fingerprint density at radius 1 is 1.31 bits per heavy atom. The van der Waals surface area contributed by atoms with E-state index in [2.05, 4.69) is 30.0 Å². The van der Waals surface area contributed by atoms with E-state index < -0.39 is 0 Å². The first-order chi connectivity index (χ1) is 7.88. The van der Waals surface area contributed by atoms with Gasteiger partial charge in [0.1, 0.15) is 11.9 Å². The molecule has 0 radical (unpaired) electrons. The molecule has 2 nitrogen and oxygen atoms in total. The van der Waals surface area contributed by atoms with Crippen LogP contribution in [0, 0.1) is 0 Å². The van der Waals surface area contributed by atoms with Gasteiger partial charge in [-0.2, -0.15) is 0 Å². The molecule has 2 heteroatoms. The lowest BCUT2D eigenvalue weighted by Crippen LogP contribution is -2.19. The maximum Gasteiger partial charge on any atom is 0.125 e. The average molecular weight is 217 g/mol. The Balaban J connectivity index is 1.93. The summed E-state index contributed by atoms with van der Waals surface area (Å²) >= 11 is 0. The Hall–Kier alpha value is -1.18. The van der Waals surface area contributed by atoms with Gasteiger partial charge in [-0.15, -0.1) is 0 Å². The highest BCUT2D eigenvalue weighted by Crippen LogP contribution is 2.38. The van der Waals surface area contributed by atoms with Crippen molar-refractivity contribution in [2.45, 2.75) is 38.7 Å². The van der Waals surface area contributed by atoms with Crippen molar-refractivity contribution in [3.05, 3.63) is 23.8 Å². The number of ether oxygens (including phenoxy) is 1. The minimum Gasteiger partial charge on any atom is -0.490 e. The van der Waals surface area contributed by atoms with E-state index in [0.717, 1.165) is 18.6 Å². The molecule has 0 bridgehead atoms. The van der Waals surface area contributed by atoms with Crippen LogP contribution in [0.5, 0.6) is 5.75 Å². The largest absolute Gasteiger partial charge is 0.490 e. The number of nitrogens with zero attached hydrogens (tertiary/aromatic N) is 1. The summed E-state index contributed by atoms with van der Waals surface area (Å²) < 4.78 is 5.93. The second-order valence-electron chi connectivity index (χ2n) is 4.80. The van der Waals surface area contributed by atoms with Crippen LogP contribution >= 0.6 is 0 Å². The maximum atomic E-state index is 5.93. The van der Waals surface area contributed by atoms with Gasteiger partial charge in [0.2, 0.25) is 0 Å². The van der Waals surface area contributed by atoms with Crippen LogP contribution in [-0.4, -0.2) is 19.2 Å². The Kier molecular flexibility index (Phi) is 2.50. The normalized spacial score (nSPS) is 23.3. The third-order valence-electron chi connectivity index (χ3n) is 3.74. The summed E-state index contributed by atoms with van der Waals surface area (Å²) in [7, 11) is 0. The molecule has 0 aliphatic carbocycles. The Labute approximate surface area is 97.2 Å². The SMILES string of the molecule is CCC1Cc2c(cccc2N2CCCC2)O1. The zero-order valence-corrected chi connectivity index (χ0v) is 9.91. The van der Waals surface area contributed by atoms with Crippen molar-refractivity contribution in [3.63, 3.8) is 0 Å². The minimum absolute atomic E-state index is 0.402. The number of fused-ring (bicyclic) bond motifs is 1. The van der Waals surface area contributed by atoms with Gasteiger partial charge >= 0.3 is 0 Å². The molecule has 0 aromatic heterocycles. The van der Waals surface area contributed by atoms with E-state index in [1.165, 1.54) is 37.2 Å². The summed E-state index contributed by atoms with van der Waals surface area (Å²) in [6.45, 7) is 4.63. The molecule has 1 saturated heterocycles. The molecular weight excluding hydrogens is 198 g/mol.